The molecule has 104 valence electrons. The standard InChI is InChI=1S/C15H16N2O3/c1-10-4-3-5-14(17(18)19)15(10)20-13-8-6-12(7-9-13)11(2)16/h3-9,11H,16H2,1-2H3/t11-/m1/s1. The van der Waals surface area contributed by atoms with Crippen LogP contribution in [0.15, 0.2) is 42.5 Å². The van der Waals surface area contributed by atoms with Crippen molar-refractivity contribution in [3.05, 3.63) is 63.7 Å². The molecule has 5 nitrogen and oxygen atoms in total. The van der Waals surface area contributed by atoms with E-state index in [4.69, 9.17) is 10.5 Å². The SMILES string of the molecule is Cc1cccc([N+](=O)[O-])c1Oc1ccc([C@@H](C)N)cc1. The Morgan fingerprint density at radius 1 is 1.20 bits per heavy atom. The Morgan fingerprint density at radius 2 is 1.85 bits per heavy atom. The maximum absolute atomic E-state index is 11.0. The summed E-state index contributed by atoms with van der Waals surface area (Å²) in [4.78, 5) is 10.6. The molecule has 0 fully saturated rings. The minimum absolute atomic E-state index is 0.0405. The molecule has 0 heterocycles. The third-order valence-electron chi connectivity index (χ3n) is 3.01. The van der Waals surface area contributed by atoms with Crippen LogP contribution in [-0.2, 0) is 0 Å². The van der Waals surface area contributed by atoms with Crippen LogP contribution < -0.4 is 10.5 Å². The lowest BCUT2D eigenvalue weighted by Crippen LogP contribution is -2.04. The second-order valence-electron chi connectivity index (χ2n) is 4.64. The number of benzene rings is 2. The number of aryl methyl sites for hydroxylation is 1. The van der Waals surface area contributed by atoms with Gasteiger partial charge < -0.3 is 10.5 Å². The molecule has 0 bridgehead atoms. The number of hydrogen-bond donors (Lipinski definition) is 1. The summed E-state index contributed by atoms with van der Waals surface area (Å²) >= 11 is 0. The topological polar surface area (TPSA) is 78.4 Å². The molecule has 1 atom stereocenters. The molecule has 0 radical (unpaired) electrons. The first-order valence-corrected chi connectivity index (χ1v) is 6.26. The Bertz CT molecular complexity index is 622. The van der Waals surface area contributed by atoms with Crippen molar-refractivity contribution < 1.29 is 9.66 Å². The van der Waals surface area contributed by atoms with Gasteiger partial charge in [-0.05, 0) is 37.1 Å². The molecule has 0 aliphatic carbocycles. The highest BCUT2D eigenvalue weighted by Gasteiger charge is 2.17. The van der Waals surface area contributed by atoms with Crippen molar-refractivity contribution in [1.29, 1.82) is 0 Å². The fourth-order valence-electron chi connectivity index (χ4n) is 1.87. The zero-order chi connectivity index (χ0) is 14.7. The number of nitrogens with two attached hydrogens (primary N) is 1. The monoisotopic (exact) mass is 272 g/mol. The molecule has 0 saturated heterocycles. The first-order valence-electron chi connectivity index (χ1n) is 6.26. The molecule has 0 unspecified atom stereocenters. The van der Waals surface area contributed by atoms with Crippen molar-refractivity contribution in [1.82, 2.24) is 0 Å². The second kappa shape index (κ2) is 5.71. The summed E-state index contributed by atoms with van der Waals surface area (Å²) in [5, 5.41) is 11.0. The molecule has 0 spiro atoms. The highest BCUT2D eigenvalue weighted by molar-refractivity contribution is 5.53. The molecule has 2 N–H and O–H groups in total. The molecular formula is C15H16N2O3. The first kappa shape index (κ1) is 14.0. The molecular weight excluding hydrogens is 256 g/mol. The average molecular weight is 272 g/mol. The van der Waals surface area contributed by atoms with Gasteiger partial charge in [0.25, 0.3) is 0 Å². The zero-order valence-corrected chi connectivity index (χ0v) is 11.4. The van der Waals surface area contributed by atoms with E-state index in [1.54, 1.807) is 31.2 Å². The molecule has 0 aromatic heterocycles. The van der Waals surface area contributed by atoms with E-state index in [2.05, 4.69) is 0 Å². The van der Waals surface area contributed by atoms with Gasteiger partial charge in [0.05, 0.1) is 4.92 Å². The van der Waals surface area contributed by atoms with Crippen LogP contribution in [0, 0.1) is 17.0 Å². The minimum Gasteiger partial charge on any atom is -0.450 e. The van der Waals surface area contributed by atoms with Crippen LogP contribution in [0.5, 0.6) is 11.5 Å². The van der Waals surface area contributed by atoms with Crippen LogP contribution in [0.2, 0.25) is 0 Å². The number of hydrogen-bond acceptors (Lipinski definition) is 4. The smallest absolute Gasteiger partial charge is 0.311 e. The second-order valence-corrected chi connectivity index (χ2v) is 4.64. The number of nitrogens with zero attached hydrogens (tertiary/aromatic N) is 1. The van der Waals surface area contributed by atoms with Gasteiger partial charge in [0, 0.05) is 12.1 Å². The predicted octanol–water partition coefficient (Wildman–Crippen LogP) is 3.72. The summed E-state index contributed by atoms with van der Waals surface area (Å²) in [7, 11) is 0. The highest BCUT2D eigenvalue weighted by Crippen LogP contribution is 2.34. The molecule has 0 aliphatic heterocycles. The molecule has 2 rings (SSSR count). The number of nitro benzene ring substituents is 1. The number of rotatable bonds is 4. The van der Waals surface area contributed by atoms with Crippen molar-refractivity contribution in [3.8, 4) is 11.5 Å². The largest absolute Gasteiger partial charge is 0.450 e. The lowest BCUT2D eigenvalue weighted by Gasteiger charge is -2.10. The quantitative estimate of drug-likeness (QED) is 0.679. The third-order valence-corrected chi connectivity index (χ3v) is 3.01. The fraction of sp³-hybridized carbons (Fsp3) is 0.200. The molecule has 0 aliphatic rings. The molecule has 5 heteroatoms. The van der Waals surface area contributed by atoms with E-state index in [0.717, 1.165) is 11.1 Å². The summed E-state index contributed by atoms with van der Waals surface area (Å²) in [5.41, 5.74) is 7.43. The first-order chi connectivity index (χ1) is 9.49. The number of nitro groups is 1. The Labute approximate surface area is 117 Å². The maximum atomic E-state index is 11.0. The zero-order valence-electron chi connectivity index (χ0n) is 11.4. The Hall–Kier alpha value is -2.40. The van der Waals surface area contributed by atoms with Crippen LogP contribution in [0.1, 0.15) is 24.1 Å². The summed E-state index contributed by atoms with van der Waals surface area (Å²) in [6, 6.07) is 12.0. The van der Waals surface area contributed by atoms with Gasteiger partial charge in [-0.15, -0.1) is 0 Å². The van der Waals surface area contributed by atoms with E-state index in [9.17, 15) is 10.1 Å². The summed E-state index contributed by atoms with van der Waals surface area (Å²) < 4.78 is 5.65. The van der Waals surface area contributed by atoms with E-state index in [1.807, 2.05) is 19.1 Å². The summed E-state index contributed by atoms with van der Waals surface area (Å²) in [6.45, 7) is 3.67. The van der Waals surface area contributed by atoms with Gasteiger partial charge >= 0.3 is 5.69 Å². The molecule has 0 saturated carbocycles. The van der Waals surface area contributed by atoms with Crippen LogP contribution >= 0.6 is 0 Å². The van der Waals surface area contributed by atoms with Gasteiger partial charge in [0.1, 0.15) is 5.75 Å². The van der Waals surface area contributed by atoms with E-state index in [0.29, 0.717) is 5.75 Å². The summed E-state index contributed by atoms with van der Waals surface area (Å²) in [6.07, 6.45) is 0. The van der Waals surface area contributed by atoms with Gasteiger partial charge in [0.2, 0.25) is 5.75 Å². The molecule has 2 aromatic rings. The van der Waals surface area contributed by atoms with E-state index in [1.165, 1.54) is 6.07 Å². The average Bonchev–Trinajstić information content (AvgIpc) is 2.41. The normalized spacial score (nSPS) is 11.9. The lowest BCUT2D eigenvalue weighted by atomic mass is 10.1. The minimum atomic E-state index is -0.446. The lowest BCUT2D eigenvalue weighted by molar-refractivity contribution is -0.385. The van der Waals surface area contributed by atoms with Crippen molar-refractivity contribution in [3.63, 3.8) is 0 Å². The Balaban J connectivity index is 2.32. The molecule has 2 aromatic carbocycles. The van der Waals surface area contributed by atoms with Crippen LogP contribution in [0.3, 0.4) is 0 Å². The van der Waals surface area contributed by atoms with Gasteiger partial charge in [0.15, 0.2) is 0 Å². The van der Waals surface area contributed by atoms with Crippen molar-refractivity contribution in [2.75, 3.05) is 0 Å². The Kier molecular flexibility index (Phi) is 4.00. The highest BCUT2D eigenvalue weighted by atomic mass is 16.6. The van der Waals surface area contributed by atoms with E-state index < -0.39 is 4.92 Å². The van der Waals surface area contributed by atoms with Gasteiger partial charge in [-0.1, -0.05) is 24.3 Å². The van der Waals surface area contributed by atoms with Crippen molar-refractivity contribution in [2.24, 2.45) is 5.73 Å². The predicted molar refractivity (Wildman–Crippen MR) is 77.0 cm³/mol. The fourth-order valence-corrected chi connectivity index (χ4v) is 1.87. The van der Waals surface area contributed by atoms with E-state index >= 15 is 0 Å². The summed E-state index contributed by atoms with van der Waals surface area (Å²) in [5.74, 6) is 0.817. The van der Waals surface area contributed by atoms with Gasteiger partial charge in [-0.3, -0.25) is 10.1 Å². The van der Waals surface area contributed by atoms with Crippen molar-refractivity contribution in [2.45, 2.75) is 19.9 Å². The molecule has 0 amide bonds. The van der Waals surface area contributed by atoms with E-state index in [-0.39, 0.29) is 17.5 Å². The van der Waals surface area contributed by atoms with Gasteiger partial charge in [-0.25, -0.2) is 0 Å². The van der Waals surface area contributed by atoms with Crippen LogP contribution in [0.25, 0.3) is 0 Å². The van der Waals surface area contributed by atoms with Gasteiger partial charge in [-0.2, -0.15) is 0 Å². The number of para-hydroxylation sites is 1. The van der Waals surface area contributed by atoms with Crippen LogP contribution in [-0.4, -0.2) is 4.92 Å². The van der Waals surface area contributed by atoms with Crippen molar-refractivity contribution >= 4 is 5.69 Å². The molecule has 20 heavy (non-hydrogen) atoms. The maximum Gasteiger partial charge on any atom is 0.311 e. The number of ether oxygens (including phenoxy) is 1. The van der Waals surface area contributed by atoms with Crippen LogP contribution in [0.4, 0.5) is 5.69 Å². The Morgan fingerprint density at radius 3 is 2.40 bits per heavy atom. The third kappa shape index (κ3) is 2.95.